The molecule has 5 nitrogen and oxygen atoms in total. The van der Waals surface area contributed by atoms with Crippen molar-refractivity contribution < 1.29 is 4.79 Å². The molecule has 0 aliphatic heterocycles. The standard InChI is InChI=1S/C20H16N4OS/c25-18(13-17-14-24-11-12-26-20(24)21-17)22-23-19(15-7-3-1-4-8-15)16-9-5-2-6-10-16/h1-12,14H,13H2,(H,22,25). The third-order valence-electron chi connectivity index (χ3n) is 3.87. The fourth-order valence-corrected chi connectivity index (χ4v) is 3.39. The Morgan fingerprint density at radius 2 is 1.69 bits per heavy atom. The number of amides is 1. The van der Waals surface area contributed by atoms with Gasteiger partial charge in [-0.2, -0.15) is 5.10 Å². The minimum absolute atomic E-state index is 0.189. The van der Waals surface area contributed by atoms with E-state index in [0.29, 0.717) is 0 Å². The number of imidazole rings is 1. The molecule has 128 valence electrons. The largest absolute Gasteiger partial charge is 0.297 e. The molecule has 0 bridgehead atoms. The summed E-state index contributed by atoms with van der Waals surface area (Å²) < 4.78 is 1.91. The van der Waals surface area contributed by atoms with Crippen LogP contribution in [0.3, 0.4) is 0 Å². The molecule has 1 amide bonds. The lowest BCUT2D eigenvalue weighted by molar-refractivity contribution is -0.120. The average molecular weight is 360 g/mol. The Hall–Kier alpha value is -3.25. The van der Waals surface area contributed by atoms with Crippen LogP contribution in [0.1, 0.15) is 16.8 Å². The molecule has 4 rings (SSSR count). The van der Waals surface area contributed by atoms with Crippen molar-refractivity contribution >= 4 is 27.9 Å². The number of fused-ring (bicyclic) bond motifs is 1. The van der Waals surface area contributed by atoms with Crippen LogP contribution in [0.2, 0.25) is 0 Å². The van der Waals surface area contributed by atoms with E-state index in [1.54, 1.807) is 11.3 Å². The number of benzene rings is 2. The molecular formula is C20H16N4OS. The molecule has 6 heteroatoms. The lowest BCUT2D eigenvalue weighted by Crippen LogP contribution is -2.22. The van der Waals surface area contributed by atoms with E-state index in [1.165, 1.54) is 0 Å². The molecule has 26 heavy (non-hydrogen) atoms. The number of carbonyl (C=O) groups excluding carboxylic acids is 1. The summed E-state index contributed by atoms with van der Waals surface area (Å²) in [5.41, 5.74) is 6.01. The summed E-state index contributed by atoms with van der Waals surface area (Å²) in [6, 6.07) is 19.6. The second kappa shape index (κ2) is 7.33. The first kappa shape index (κ1) is 16.2. The summed E-state index contributed by atoms with van der Waals surface area (Å²) in [7, 11) is 0. The van der Waals surface area contributed by atoms with Crippen LogP contribution in [0.5, 0.6) is 0 Å². The lowest BCUT2D eigenvalue weighted by Gasteiger charge is -2.07. The number of rotatable bonds is 5. The van der Waals surface area contributed by atoms with Gasteiger partial charge < -0.3 is 0 Å². The Bertz CT molecular complexity index is 981. The first-order chi connectivity index (χ1) is 12.8. The van der Waals surface area contributed by atoms with Crippen molar-refractivity contribution in [1.82, 2.24) is 14.8 Å². The zero-order chi connectivity index (χ0) is 17.8. The molecule has 2 aromatic heterocycles. The van der Waals surface area contributed by atoms with Crippen LogP contribution < -0.4 is 5.43 Å². The zero-order valence-corrected chi connectivity index (χ0v) is 14.7. The van der Waals surface area contributed by atoms with Crippen LogP contribution >= 0.6 is 11.3 Å². The van der Waals surface area contributed by atoms with Crippen LogP contribution in [0.15, 0.2) is 83.5 Å². The van der Waals surface area contributed by atoms with E-state index in [9.17, 15) is 4.79 Å². The van der Waals surface area contributed by atoms with Gasteiger partial charge in [-0.3, -0.25) is 9.20 Å². The molecule has 0 atom stereocenters. The quantitative estimate of drug-likeness (QED) is 0.437. The number of carbonyl (C=O) groups is 1. The highest BCUT2D eigenvalue weighted by Gasteiger charge is 2.10. The minimum Gasteiger partial charge on any atom is -0.297 e. The van der Waals surface area contributed by atoms with Crippen molar-refractivity contribution in [2.75, 3.05) is 0 Å². The van der Waals surface area contributed by atoms with Gasteiger partial charge in [0.1, 0.15) is 0 Å². The highest BCUT2D eigenvalue weighted by atomic mass is 32.1. The Balaban J connectivity index is 1.54. The van der Waals surface area contributed by atoms with E-state index < -0.39 is 0 Å². The summed E-state index contributed by atoms with van der Waals surface area (Å²) in [6.45, 7) is 0. The van der Waals surface area contributed by atoms with Gasteiger partial charge in [0.25, 0.3) is 0 Å². The Kier molecular flexibility index (Phi) is 4.57. The van der Waals surface area contributed by atoms with Crippen molar-refractivity contribution in [3.8, 4) is 0 Å². The molecular weight excluding hydrogens is 344 g/mol. The number of aromatic nitrogens is 2. The lowest BCUT2D eigenvalue weighted by atomic mass is 10.0. The van der Waals surface area contributed by atoms with Crippen molar-refractivity contribution in [2.24, 2.45) is 5.10 Å². The van der Waals surface area contributed by atoms with Gasteiger partial charge in [-0.15, -0.1) is 11.3 Å². The van der Waals surface area contributed by atoms with Gasteiger partial charge in [-0.05, 0) is 0 Å². The van der Waals surface area contributed by atoms with Crippen LogP contribution in [0.25, 0.3) is 4.96 Å². The Morgan fingerprint density at radius 1 is 1.04 bits per heavy atom. The SMILES string of the molecule is O=C(Cc1cn2ccsc2n1)NN=C(c1ccccc1)c1ccccc1. The molecule has 0 aliphatic carbocycles. The van der Waals surface area contributed by atoms with E-state index in [-0.39, 0.29) is 12.3 Å². The van der Waals surface area contributed by atoms with Crippen LogP contribution in [0, 0.1) is 0 Å². The molecule has 0 radical (unpaired) electrons. The molecule has 2 aromatic carbocycles. The zero-order valence-electron chi connectivity index (χ0n) is 13.9. The van der Waals surface area contributed by atoms with Crippen LogP contribution in [-0.2, 0) is 11.2 Å². The average Bonchev–Trinajstić information content (AvgIpc) is 3.25. The maximum absolute atomic E-state index is 12.3. The second-order valence-electron chi connectivity index (χ2n) is 5.73. The molecule has 0 aliphatic rings. The summed E-state index contributed by atoms with van der Waals surface area (Å²) in [5.74, 6) is -0.194. The fraction of sp³-hybridized carbons (Fsp3) is 0.0500. The van der Waals surface area contributed by atoms with Crippen LogP contribution in [0.4, 0.5) is 0 Å². The monoisotopic (exact) mass is 360 g/mol. The maximum atomic E-state index is 12.3. The number of hydrogen-bond donors (Lipinski definition) is 1. The van der Waals surface area contributed by atoms with Gasteiger partial charge in [0.2, 0.25) is 5.91 Å². The fourth-order valence-electron chi connectivity index (χ4n) is 2.67. The first-order valence-corrected chi connectivity index (χ1v) is 9.06. The molecule has 0 spiro atoms. The third kappa shape index (κ3) is 3.55. The van der Waals surface area contributed by atoms with Gasteiger partial charge in [-0.25, -0.2) is 10.4 Å². The predicted molar refractivity (Wildman–Crippen MR) is 103 cm³/mol. The second-order valence-corrected chi connectivity index (χ2v) is 6.60. The molecule has 2 heterocycles. The highest BCUT2D eigenvalue weighted by molar-refractivity contribution is 7.15. The minimum atomic E-state index is -0.194. The summed E-state index contributed by atoms with van der Waals surface area (Å²) in [5, 5.41) is 6.35. The van der Waals surface area contributed by atoms with Crippen molar-refractivity contribution in [2.45, 2.75) is 6.42 Å². The smallest absolute Gasteiger partial charge is 0.246 e. The molecule has 0 unspecified atom stereocenters. The molecule has 0 saturated carbocycles. The van der Waals surface area contributed by atoms with Gasteiger partial charge >= 0.3 is 0 Å². The van der Waals surface area contributed by atoms with Gasteiger partial charge in [0.05, 0.1) is 17.8 Å². The number of hydrazone groups is 1. The van der Waals surface area contributed by atoms with E-state index >= 15 is 0 Å². The molecule has 1 N–H and O–H groups in total. The van der Waals surface area contributed by atoms with E-state index in [2.05, 4.69) is 15.5 Å². The van der Waals surface area contributed by atoms with Crippen LogP contribution in [-0.4, -0.2) is 21.0 Å². The van der Waals surface area contributed by atoms with Gasteiger partial charge in [-0.1, -0.05) is 60.7 Å². The van der Waals surface area contributed by atoms with Crippen molar-refractivity contribution in [1.29, 1.82) is 0 Å². The number of thiazole rings is 1. The summed E-state index contributed by atoms with van der Waals surface area (Å²) in [4.78, 5) is 17.6. The molecule has 4 aromatic rings. The maximum Gasteiger partial charge on any atom is 0.246 e. The van der Waals surface area contributed by atoms with Crippen molar-refractivity contribution in [3.63, 3.8) is 0 Å². The van der Waals surface area contributed by atoms with E-state index in [1.807, 2.05) is 82.8 Å². The third-order valence-corrected chi connectivity index (χ3v) is 4.64. The first-order valence-electron chi connectivity index (χ1n) is 8.18. The number of hydrogen-bond acceptors (Lipinski definition) is 4. The molecule has 0 fully saturated rings. The Labute approximate surface area is 154 Å². The number of nitrogens with zero attached hydrogens (tertiary/aromatic N) is 3. The van der Waals surface area contributed by atoms with E-state index in [0.717, 1.165) is 27.5 Å². The highest BCUT2D eigenvalue weighted by Crippen LogP contribution is 2.12. The molecule has 0 saturated heterocycles. The number of nitrogens with one attached hydrogen (secondary N) is 1. The van der Waals surface area contributed by atoms with Crippen molar-refractivity contribution in [3.05, 3.63) is 95.3 Å². The normalized spacial score (nSPS) is 10.6. The van der Waals surface area contributed by atoms with Gasteiger partial charge in [0, 0.05) is 28.9 Å². The van der Waals surface area contributed by atoms with Gasteiger partial charge in [0.15, 0.2) is 4.96 Å². The summed E-state index contributed by atoms with van der Waals surface area (Å²) in [6.07, 6.45) is 3.98. The predicted octanol–water partition coefficient (Wildman–Crippen LogP) is 3.51. The topological polar surface area (TPSA) is 58.8 Å². The Morgan fingerprint density at radius 3 is 2.31 bits per heavy atom. The van der Waals surface area contributed by atoms with E-state index in [4.69, 9.17) is 0 Å². The summed E-state index contributed by atoms with van der Waals surface area (Å²) >= 11 is 1.54.